The molecule has 1 heterocycles. The van der Waals surface area contributed by atoms with Gasteiger partial charge in [-0.15, -0.1) is 0 Å². The summed E-state index contributed by atoms with van der Waals surface area (Å²) in [6.45, 7) is 7.26. The van der Waals surface area contributed by atoms with Gasteiger partial charge in [-0.05, 0) is 65.1 Å². The quantitative estimate of drug-likeness (QED) is 0.725. The normalized spacial score (nSPS) is 32.1. The lowest BCUT2D eigenvalue weighted by atomic mass is 9.59. The summed E-state index contributed by atoms with van der Waals surface area (Å²) in [7, 11) is 2.13. The van der Waals surface area contributed by atoms with Crippen LogP contribution in [0.25, 0.3) is 0 Å². The van der Waals surface area contributed by atoms with Crippen molar-refractivity contribution in [1.82, 2.24) is 10.2 Å². The lowest BCUT2D eigenvalue weighted by Crippen LogP contribution is -2.57. The van der Waals surface area contributed by atoms with E-state index in [1.54, 1.807) is 0 Å². The maximum atomic E-state index is 3.49. The van der Waals surface area contributed by atoms with Gasteiger partial charge < -0.3 is 10.2 Å². The van der Waals surface area contributed by atoms with Gasteiger partial charge in [0.25, 0.3) is 0 Å². The van der Waals surface area contributed by atoms with Gasteiger partial charge in [0.05, 0.1) is 0 Å². The van der Waals surface area contributed by atoms with E-state index in [9.17, 15) is 0 Å². The molecular formula is C12H24N2. The van der Waals surface area contributed by atoms with E-state index in [-0.39, 0.29) is 0 Å². The molecule has 2 nitrogen and oxygen atoms in total. The van der Waals surface area contributed by atoms with Crippen molar-refractivity contribution in [3.8, 4) is 0 Å². The second kappa shape index (κ2) is 3.82. The van der Waals surface area contributed by atoms with Gasteiger partial charge in [0.2, 0.25) is 0 Å². The molecule has 1 saturated heterocycles. The largest absolute Gasteiger partial charge is 0.316 e. The highest BCUT2D eigenvalue weighted by molar-refractivity contribution is 5.02. The van der Waals surface area contributed by atoms with Crippen molar-refractivity contribution < 1.29 is 0 Å². The van der Waals surface area contributed by atoms with Gasteiger partial charge in [0.1, 0.15) is 0 Å². The second-order valence-corrected chi connectivity index (χ2v) is 5.37. The molecule has 0 radical (unpaired) electrons. The molecule has 1 N–H and O–H groups in total. The first-order valence-electron chi connectivity index (χ1n) is 6.09. The molecule has 0 aromatic carbocycles. The van der Waals surface area contributed by atoms with Crippen LogP contribution in [0.2, 0.25) is 0 Å². The molecule has 1 unspecified atom stereocenters. The number of rotatable bonds is 2. The summed E-state index contributed by atoms with van der Waals surface area (Å²) in [5.41, 5.74) is 0.681. The summed E-state index contributed by atoms with van der Waals surface area (Å²) >= 11 is 0. The third-order valence-electron chi connectivity index (χ3n) is 4.54. The van der Waals surface area contributed by atoms with Crippen molar-refractivity contribution in [3.63, 3.8) is 0 Å². The van der Waals surface area contributed by atoms with Gasteiger partial charge in [-0.1, -0.05) is 0 Å². The molecule has 0 aromatic heterocycles. The zero-order chi connectivity index (χ0) is 10.2. The van der Waals surface area contributed by atoms with Crippen LogP contribution in [0.15, 0.2) is 0 Å². The van der Waals surface area contributed by atoms with Crippen molar-refractivity contribution in [2.75, 3.05) is 20.1 Å². The standard InChI is InChI=1S/C12H24N2/c1-10(2)14-8-6-12(7-9-14)5-4-11(12)13-3/h10-11,13H,4-9H2,1-3H3. The van der Waals surface area contributed by atoms with Gasteiger partial charge in [0.15, 0.2) is 0 Å². The Morgan fingerprint density at radius 3 is 2.21 bits per heavy atom. The number of piperidine rings is 1. The molecule has 0 bridgehead atoms. The fourth-order valence-electron chi connectivity index (χ4n) is 3.23. The minimum absolute atomic E-state index is 0.681. The van der Waals surface area contributed by atoms with Gasteiger partial charge in [-0.2, -0.15) is 0 Å². The fraction of sp³-hybridized carbons (Fsp3) is 1.00. The number of hydrogen-bond donors (Lipinski definition) is 1. The summed E-state index contributed by atoms with van der Waals surface area (Å²) in [5, 5.41) is 3.49. The first-order chi connectivity index (χ1) is 6.68. The zero-order valence-corrected chi connectivity index (χ0v) is 9.84. The minimum Gasteiger partial charge on any atom is -0.316 e. The fourth-order valence-corrected chi connectivity index (χ4v) is 3.23. The molecule has 2 aliphatic rings. The average molecular weight is 196 g/mol. The minimum atomic E-state index is 0.681. The van der Waals surface area contributed by atoms with Crippen LogP contribution in [-0.2, 0) is 0 Å². The predicted octanol–water partition coefficient (Wildman–Crippen LogP) is 1.86. The third-order valence-corrected chi connectivity index (χ3v) is 4.54. The van der Waals surface area contributed by atoms with Crippen molar-refractivity contribution in [2.24, 2.45) is 5.41 Å². The number of likely N-dealkylation sites (tertiary alicyclic amines) is 1. The van der Waals surface area contributed by atoms with Gasteiger partial charge in [0, 0.05) is 12.1 Å². The Morgan fingerprint density at radius 1 is 1.21 bits per heavy atom. The molecule has 1 saturated carbocycles. The lowest BCUT2D eigenvalue weighted by molar-refractivity contribution is -0.0116. The maximum Gasteiger partial charge on any atom is 0.0122 e. The Kier molecular flexibility index (Phi) is 2.85. The Bertz CT molecular complexity index is 190. The van der Waals surface area contributed by atoms with Crippen LogP contribution >= 0.6 is 0 Å². The van der Waals surface area contributed by atoms with Gasteiger partial charge >= 0.3 is 0 Å². The highest BCUT2D eigenvalue weighted by Crippen LogP contribution is 2.49. The van der Waals surface area contributed by atoms with E-state index in [1.165, 1.54) is 38.8 Å². The lowest BCUT2D eigenvalue weighted by Gasteiger charge is -2.54. The van der Waals surface area contributed by atoms with Crippen molar-refractivity contribution >= 4 is 0 Å². The van der Waals surface area contributed by atoms with Gasteiger partial charge in [-0.3, -0.25) is 0 Å². The molecule has 0 amide bonds. The molecule has 1 aliphatic carbocycles. The predicted molar refractivity (Wildman–Crippen MR) is 60.5 cm³/mol. The van der Waals surface area contributed by atoms with Crippen molar-refractivity contribution in [1.29, 1.82) is 0 Å². The highest BCUT2D eigenvalue weighted by atomic mass is 15.2. The maximum absolute atomic E-state index is 3.49. The topological polar surface area (TPSA) is 15.3 Å². The Balaban J connectivity index is 1.89. The first-order valence-corrected chi connectivity index (χ1v) is 6.09. The molecule has 1 spiro atoms. The van der Waals surface area contributed by atoms with E-state index < -0.39 is 0 Å². The highest BCUT2D eigenvalue weighted by Gasteiger charge is 2.47. The van der Waals surface area contributed by atoms with Crippen molar-refractivity contribution in [2.45, 2.75) is 51.6 Å². The number of nitrogens with one attached hydrogen (secondary N) is 1. The summed E-state index contributed by atoms with van der Waals surface area (Å²) in [4.78, 5) is 2.62. The molecule has 2 rings (SSSR count). The second-order valence-electron chi connectivity index (χ2n) is 5.37. The van der Waals surface area contributed by atoms with E-state index >= 15 is 0 Å². The van der Waals surface area contributed by atoms with E-state index in [1.807, 2.05) is 0 Å². The molecular weight excluding hydrogens is 172 g/mol. The third kappa shape index (κ3) is 1.59. The summed E-state index contributed by atoms with van der Waals surface area (Å²) < 4.78 is 0. The monoisotopic (exact) mass is 196 g/mol. The van der Waals surface area contributed by atoms with Crippen LogP contribution < -0.4 is 5.32 Å². The van der Waals surface area contributed by atoms with E-state index in [4.69, 9.17) is 0 Å². The number of hydrogen-bond acceptors (Lipinski definition) is 2. The smallest absolute Gasteiger partial charge is 0.0122 e. The van der Waals surface area contributed by atoms with Gasteiger partial charge in [-0.25, -0.2) is 0 Å². The molecule has 1 aliphatic heterocycles. The summed E-state index contributed by atoms with van der Waals surface area (Å²) in [6.07, 6.45) is 5.69. The molecule has 82 valence electrons. The first kappa shape index (κ1) is 10.4. The molecule has 14 heavy (non-hydrogen) atoms. The van der Waals surface area contributed by atoms with Crippen LogP contribution in [0.5, 0.6) is 0 Å². The molecule has 0 aromatic rings. The molecule has 2 heteroatoms. The van der Waals surface area contributed by atoms with E-state index in [0.717, 1.165) is 12.1 Å². The summed E-state index contributed by atoms with van der Waals surface area (Å²) in [6, 6.07) is 1.55. The molecule has 1 atom stereocenters. The Labute approximate surface area is 88.1 Å². The molecule has 2 fully saturated rings. The Hall–Kier alpha value is -0.0800. The number of nitrogens with zero attached hydrogens (tertiary/aromatic N) is 1. The van der Waals surface area contributed by atoms with E-state index in [0.29, 0.717) is 5.41 Å². The van der Waals surface area contributed by atoms with Crippen LogP contribution in [0.1, 0.15) is 39.5 Å². The average Bonchev–Trinajstić information content (AvgIpc) is 2.17. The zero-order valence-electron chi connectivity index (χ0n) is 9.84. The van der Waals surface area contributed by atoms with Crippen LogP contribution in [0.4, 0.5) is 0 Å². The SMILES string of the molecule is CNC1CCC12CCN(C(C)C)CC2. The van der Waals surface area contributed by atoms with Crippen molar-refractivity contribution in [3.05, 3.63) is 0 Å². The van der Waals surface area contributed by atoms with E-state index in [2.05, 4.69) is 31.1 Å². The van der Waals surface area contributed by atoms with Crippen LogP contribution in [0, 0.1) is 5.41 Å². The summed E-state index contributed by atoms with van der Waals surface area (Å²) in [5.74, 6) is 0. The Morgan fingerprint density at radius 2 is 1.86 bits per heavy atom. The van der Waals surface area contributed by atoms with Crippen LogP contribution in [-0.4, -0.2) is 37.1 Å². The van der Waals surface area contributed by atoms with Crippen LogP contribution in [0.3, 0.4) is 0 Å².